The highest BCUT2D eigenvalue weighted by Gasteiger charge is 2.18. The second-order valence-corrected chi connectivity index (χ2v) is 7.82. The number of aryl methyl sites for hydroxylation is 2. The van der Waals surface area contributed by atoms with E-state index in [1.807, 2.05) is 18.2 Å². The average molecular weight is 397 g/mol. The molecule has 1 N–H and O–H groups in total. The maximum absolute atomic E-state index is 11.2. The van der Waals surface area contributed by atoms with E-state index in [4.69, 9.17) is 4.74 Å². The minimum atomic E-state index is -1.18. The summed E-state index contributed by atoms with van der Waals surface area (Å²) in [6.07, 6.45) is 10.7. The molecule has 2 rings (SSSR count). The molecule has 0 saturated heterocycles. The van der Waals surface area contributed by atoms with E-state index in [0.717, 1.165) is 50.5 Å². The fourth-order valence-corrected chi connectivity index (χ4v) is 3.85. The first-order chi connectivity index (χ1) is 14.2. The summed E-state index contributed by atoms with van der Waals surface area (Å²) in [4.78, 5) is 11.2. The molecule has 158 valence electrons. The third-order valence-electron chi connectivity index (χ3n) is 5.47. The van der Waals surface area contributed by atoms with Crippen molar-refractivity contribution in [3.8, 4) is 0 Å². The molecule has 0 aliphatic rings. The van der Waals surface area contributed by atoms with Gasteiger partial charge in [-0.25, -0.2) is 4.79 Å². The molecule has 0 saturated carbocycles. The van der Waals surface area contributed by atoms with Crippen LogP contribution in [0.3, 0.4) is 0 Å². The quantitative estimate of drug-likeness (QED) is 0.262. The Morgan fingerprint density at radius 1 is 0.828 bits per heavy atom. The Morgan fingerprint density at radius 3 is 2.21 bits per heavy atom. The van der Waals surface area contributed by atoms with Gasteiger partial charge in [0, 0.05) is 0 Å². The largest absolute Gasteiger partial charge is 0.506 e. The lowest BCUT2D eigenvalue weighted by atomic mass is 9.94. The second-order valence-electron chi connectivity index (χ2n) is 7.82. The molecule has 1 atom stereocenters. The number of rotatable bonds is 14. The van der Waals surface area contributed by atoms with Gasteiger partial charge in [-0.1, -0.05) is 93.6 Å². The van der Waals surface area contributed by atoms with Crippen LogP contribution in [0.15, 0.2) is 54.6 Å². The number of ether oxygens (including phenoxy) is 1. The van der Waals surface area contributed by atoms with Crippen LogP contribution in [-0.4, -0.2) is 11.3 Å². The summed E-state index contributed by atoms with van der Waals surface area (Å²) >= 11 is 0. The Morgan fingerprint density at radius 2 is 1.48 bits per heavy atom. The molecule has 2 aromatic rings. The Bertz CT molecular complexity index is 696. The summed E-state index contributed by atoms with van der Waals surface area (Å²) in [5, 5.41) is 9.18. The van der Waals surface area contributed by atoms with E-state index in [1.54, 1.807) is 0 Å². The number of hydrogen-bond acceptors (Lipinski definition) is 2. The Balaban J connectivity index is 1.72. The van der Waals surface area contributed by atoms with Gasteiger partial charge in [0.15, 0.2) is 0 Å². The average Bonchev–Trinajstić information content (AvgIpc) is 2.74. The molecule has 1 unspecified atom stereocenters. The minimum absolute atomic E-state index is 0.348. The smallest absolute Gasteiger partial charge is 0.450 e. The van der Waals surface area contributed by atoms with Gasteiger partial charge in [0.1, 0.15) is 6.10 Å². The zero-order chi connectivity index (χ0) is 20.7. The normalized spacial score (nSPS) is 11.9. The van der Waals surface area contributed by atoms with Gasteiger partial charge >= 0.3 is 6.16 Å². The molecule has 0 amide bonds. The molecule has 0 spiro atoms. The van der Waals surface area contributed by atoms with Crippen molar-refractivity contribution in [2.75, 3.05) is 0 Å². The van der Waals surface area contributed by atoms with Crippen molar-refractivity contribution in [1.82, 2.24) is 0 Å². The third kappa shape index (κ3) is 9.17. The van der Waals surface area contributed by atoms with Crippen LogP contribution < -0.4 is 0 Å². The Kier molecular flexibility index (Phi) is 11.0. The molecule has 0 aliphatic carbocycles. The van der Waals surface area contributed by atoms with Crippen LogP contribution in [0.2, 0.25) is 0 Å². The SMILES string of the molecule is CCCCc1ccccc1C(CCCCCCCCc1ccccc1)OC(=O)O. The molecule has 0 aliphatic heterocycles. The predicted octanol–water partition coefficient (Wildman–Crippen LogP) is 7.74. The summed E-state index contributed by atoms with van der Waals surface area (Å²) in [6.45, 7) is 2.17. The van der Waals surface area contributed by atoms with Crippen LogP contribution in [0.25, 0.3) is 0 Å². The van der Waals surface area contributed by atoms with Gasteiger partial charge in [0.05, 0.1) is 0 Å². The van der Waals surface area contributed by atoms with E-state index < -0.39 is 6.16 Å². The Hall–Kier alpha value is -2.29. The first-order valence-electron chi connectivity index (χ1n) is 11.2. The molecular weight excluding hydrogens is 360 g/mol. The van der Waals surface area contributed by atoms with Gasteiger partial charge in [-0.15, -0.1) is 0 Å². The summed E-state index contributed by atoms with van der Waals surface area (Å²) in [6, 6.07) is 18.8. The molecule has 0 aromatic heterocycles. The highest BCUT2D eigenvalue weighted by molar-refractivity contribution is 5.57. The molecule has 0 bridgehead atoms. The molecule has 29 heavy (non-hydrogen) atoms. The minimum Gasteiger partial charge on any atom is -0.450 e. The van der Waals surface area contributed by atoms with Crippen LogP contribution in [0.4, 0.5) is 4.79 Å². The highest BCUT2D eigenvalue weighted by atomic mass is 16.7. The van der Waals surface area contributed by atoms with Gasteiger partial charge in [0.2, 0.25) is 0 Å². The van der Waals surface area contributed by atoms with Crippen LogP contribution in [0.5, 0.6) is 0 Å². The summed E-state index contributed by atoms with van der Waals surface area (Å²) in [7, 11) is 0. The lowest BCUT2D eigenvalue weighted by molar-refractivity contribution is 0.0460. The van der Waals surface area contributed by atoms with Crippen LogP contribution in [0.1, 0.15) is 87.5 Å². The zero-order valence-electron chi connectivity index (χ0n) is 17.8. The molecular formula is C26H36O3. The van der Waals surface area contributed by atoms with Gasteiger partial charge in [-0.2, -0.15) is 0 Å². The van der Waals surface area contributed by atoms with Gasteiger partial charge in [-0.3, -0.25) is 0 Å². The number of carboxylic acid groups (broad SMARTS) is 1. The van der Waals surface area contributed by atoms with E-state index in [9.17, 15) is 9.90 Å². The van der Waals surface area contributed by atoms with Crippen molar-refractivity contribution in [3.05, 3.63) is 71.3 Å². The highest BCUT2D eigenvalue weighted by Crippen LogP contribution is 2.28. The number of unbranched alkanes of at least 4 members (excludes halogenated alkanes) is 6. The fraction of sp³-hybridized carbons (Fsp3) is 0.500. The van der Waals surface area contributed by atoms with E-state index in [1.165, 1.54) is 36.8 Å². The lowest BCUT2D eigenvalue weighted by Crippen LogP contribution is -2.11. The van der Waals surface area contributed by atoms with Crippen molar-refractivity contribution in [1.29, 1.82) is 0 Å². The predicted molar refractivity (Wildman–Crippen MR) is 119 cm³/mol. The second kappa shape index (κ2) is 13.8. The first-order valence-corrected chi connectivity index (χ1v) is 11.2. The molecule has 0 heterocycles. The molecule has 0 fully saturated rings. The third-order valence-corrected chi connectivity index (χ3v) is 5.47. The molecule has 0 radical (unpaired) electrons. The number of benzene rings is 2. The summed E-state index contributed by atoms with van der Waals surface area (Å²) in [5.41, 5.74) is 3.69. The monoisotopic (exact) mass is 396 g/mol. The van der Waals surface area contributed by atoms with Gasteiger partial charge in [0.25, 0.3) is 0 Å². The van der Waals surface area contributed by atoms with Crippen molar-refractivity contribution in [2.24, 2.45) is 0 Å². The van der Waals surface area contributed by atoms with E-state index in [-0.39, 0.29) is 6.10 Å². The van der Waals surface area contributed by atoms with Crippen molar-refractivity contribution in [2.45, 2.75) is 83.7 Å². The zero-order valence-corrected chi connectivity index (χ0v) is 17.8. The van der Waals surface area contributed by atoms with E-state index in [0.29, 0.717) is 0 Å². The van der Waals surface area contributed by atoms with Crippen molar-refractivity contribution in [3.63, 3.8) is 0 Å². The van der Waals surface area contributed by atoms with E-state index >= 15 is 0 Å². The maximum Gasteiger partial charge on any atom is 0.506 e. The fourth-order valence-electron chi connectivity index (χ4n) is 3.85. The number of carbonyl (C=O) groups is 1. The molecule has 2 aromatic carbocycles. The topological polar surface area (TPSA) is 46.5 Å². The van der Waals surface area contributed by atoms with Crippen molar-refractivity contribution >= 4 is 6.16 Å². The summed E-state index contributed by atoms with van der Waals surface area (Å²) in [5.74, 6) is 0. The maximum atomic E-state index is 11.2. The van der Waals surface area contributed by atoms with Gasteiger partial charge in [-0.05, 0) is 55.2 Å². The standard InChI is InChI=1S/C26H36O3/c1-2-3-18-23-19-13-14-20-24(23)25(29-26(27)28)21-12-7-5-4-6-9-15-22-16-10-8-11-17-22/h8,10-11,13-14,16-17,19-20,25H,2-7,9,12,15,18,21H2,1H3,(H,27,28). The van der Waals surface area contributed by atoms with Crippen LogP contribution in [-0.2, 0) is 17.6 Å². The van der Waals surface area contributed by atoms with Gasteiger partial charge < -0.3 is 9.84 Å². The van der Waals surface area contributed by atoms with Crippen LogP contribution >= 0.6 is 0 Å². The lowest BCUT2D eigenvalue weighted by Gasteiger charge is -2.19. The first kappa shape index (κ1) is 23.0. The van der Waals surface area contributed by atoms with E-state index in [2.05, 4.69) is 43.3 Å². The molecule has 3 nitrogen and oxygen atoms in total. The Labute approximate surface area is 176 Å². The summed E-state index contributed by atoms with van der Waals surface area (Å²) < 4.78 is 5.27. The number of hydrogen-bond donors (Lipinski definition) is 1. The van der Waals surface area contributed by atoms with Crippen LogP contribution in [0, 0.1) is 0 Å². The molecule has 3 heteroatoms. The van der Waals surface area contributed by atoms with Crippen molar-refractivity contribution < 1.29 is 14.6 Å².